The minimum absolute atomic E-state index is 0.0377. The molecule has 4 aromatic carbocycles. The molecule has 6 bridgehead atoms. The van der Waals surface area contributed by atoms with E-state index >= 15 is 0 Å². The summed E-state index contributed by atoms with van der Waals surface area (Å²) in [4.78, 5) is 17.8. The summed E-state index contributed by atoms with van der Waals surface area (Å²) in [6.45, 7) is 1.68. The Morgan fingerprint density at radius 1 is 0.774 bits per heavy atom. The SMILES string of the molecule is COc1ccc2cc1Oc1ccc(cc1)C[C@H]1c3cc(ccc3CCN1C)Oc1c(OC)c(OC)c(COC(=O)c3ccco3)c3c1[C@H](C2)N(C)CC3. The van der Waals surface area contributed by atoms with Crippen molar-refractivity contribution in [3.05, 3.63) is 124 Å². The Bertz CT molecular complexity index is 2130. The zero-order chi connectivity index (χ0) is 36.6. The largest absolute Gasteiger partial charge is 0.493 e. The lowest BCUT2D eigenvalue weighted by Gasteiger charge is -2.38. The minimum Gasteiger partial charge on any atom is -0.493 e. The van der Waals surface area contributed by atoms with Crippen molar-refractivity contribution in [1.82, 2.24) is 9.80 Å². The predicted molar refractivity (Wildman–Crippen MR) is 199 cm³/mol. The summed E-state index contributed by atoms with van der Waals surface area (Å²) in [5.41, 5.74) is 7.52. The van der Waals surface area contributed by atoms with Gasteiger partial charge in [0.1, 0.15) is 18.1 Å². The molecule has 274 valence electrons. The van der Waals surface area contributed by atoms with Crippen molar-refractivity contribution in [3.8, 4) is 40.2 Å². The highest BCUT2D eigenvalue weighted by molar-refractivity contribution is 5.86. The number of furan rings is 1. The third-order valence-electron chi connectivity index (χ3n) is 10.9. The molecule has 1 aromatic heterocycles. The molecule has 0 saturated heterocycles. The van der Waals surface area contributed by atoms with Crippen LogP contribution in [-0.4, -0.2) is 64.3 Å². The Balaban J connectivity index is 1.32. The average Bonchev–Trinajstić information content (AvgIpc) is 3.72. The van der Waals surface area contributed by atoms with Crippen molar-refractivity contribution >= 4 is 5.97 Å². The van der Waals surface area contributed by atoms with Crippen LogP contribution in [0.25, 0.3) is 0 Å². The summed E-state index contributed by atoms with van der Waals surface area (Å²) in [6, 6.07) is 24.1. The highest BCUT2D eigenvalue weighted by Gasteiger charge is 2.37. The van der Waals surface area contributed by atoms with E-state index in [0.717, 1.165) is 53.9 Å². The van der Waals surface area contributed by atoms with E-state index in [9.17, 15) is 4.79 Å². The minimum atomic E-state index is -0.559. The molecule has 9 rings (SSSR count). The zero-order valence-corrected chi connectivity index (χ0v) is 30.8. The third-order valence-corrected chi connectivity index (χ3v) is 10.9. The first-order chi connectivity index (χ1) is 25.8. The predicted octanol–water partition coefficient (Wildman–Crippen LogP) is 8.10. The first-order valence-corrected chi connectivity index (χ1v) is 18.0. The maximum Gasteiger partial charge on any atom is 0.374 e. The maximum atomic E-state index is 13.0. The monoisotopic (exact) mass is 716 g/mol. The van der Waals surface area contributed by atoms with Crippen molar-refractivity contribution in [3.63, 3.8) is 0 Å². The van der Waals surface area contributed by atoms with Crippen LogP contribution in [0.15, 0.2) is 83.5 Å². The van der Waals surface area contributed by atoms with Crippen LogP contribution < -0.4 is 23.7 Å². The van der Waals surface area contributed by atoms with Crippen molar-refractivity contribution in [2.45, 2.75) is 44.4 Å². The maximum absolute atomic E-state index is 13.0. The van der Waals surface area contributed by atoms with Gasteiger partial charge in [-0.15, -0.1) is 0 Å². The number of benzene rings is 4. The second-order valence-electron chi connectivity index (χ2n) is 13.9. The van der Waals surface area contributed by atoms with Crippen LogP contribution in [0.2, 0.25) is 0 Å². The molecule has 2 atom stereocenters. The summed E-state index contributed by atoms with van der Waals surface area (Å²) in [5, 5.41) is 0. The second-order valence-corrected chi connectivity index (χ2v) is 13.9. The van der Waals surface area contributed by atoms with Gasteiger partial charge in [0.2, 0.25) is 11.5 Å². The van der Waals surface area contributed by atoms with Crippen LogP contribution in [0.4, 0.5) is 0 Å². The molecule has 5 aromatic rings. The summed E-state index contributed by atoms with van der Waals surface area (Å²) in [7, 11) is 9.19. The van der Waals surface area contributed by atoms with Gasteiger partial charge >= 0.3 is 5.97 Å². The fourth-order valence-electron chi connectivity index (χ4n) is 8.06. The number of hydrogen-bond donors (Lipinski definition) is 0. The van der Waals surface area contributed by atoms with Gasteiger partial charge in [-0.2, -0.15) is 0 Å². The normalized spacial score (nSPS) is 18.1. The second kappa shape index (κ2) is 14.5. The number of nitrogens with zero attached hydrogens (tertiary/aromatic N) is 2. The van der Waals surface area contributed by atoms with Crippen LogP contribution in [0.5, 0.6) is 40.2 Å². The molecular weight excluding hydrogens is 672 g/mol. The summed E-state index contributed by atoms with van der Waals surface area (Å²) in [6.07, 6.45) is 4.54. The van der Waals surface area contributed by atoms with Crippen LogP contribution >= 0.6 is 0 Å². The van der Waals surface area contributed by atoms with Gasteiger partial charge in [-0.1, -0.05) is 24.3 Å². The van der Waals surface area contributed by atoms with E-state index in [1.165, 1.54) is 23.0 Å². The average molecular weight is 717 g/mol. The van der Waals surface area contributed by atoms with Crippen molar-refractivity contribution < 1.29 is 37.6 Å². The first-order valence-electron chi connectivity index (χ1n) is 18.0. The van der Waals surface area contributed by atoms with Crippen LogP contribution in [-0.2, 0) is 37.0 Å². The number of methoxy groups -OCH3 is 3. The Hall–Kier alpha value is -5.45. The molecule has 4 aliphatic rings. The lowest BCUT2D eigenvalue weighted by Crippen LogP contribution is -2.35. The van der Waals surface area contributed by atoms with Gasteiger partial charge in [0.05, 0.1) is 27.6 Å². The molecule has 0 N–H and O–H groups in total. The summed E-state index contributed by atoms with van der Waals surface area (Å²) >= 11 is 0. The van der Waals surface area contributed by atoms with Gasteiger partial charge in [0, 0.05) is 36.3 Å². The Labute approximate surface area is 309 Å². The van der Waals surface area contributed by atoms with E-state index in [0.29, 0.717) is 47.3 Å². The van der Waals surface area contributed by atoms with Crippen molar-refractivity contribution in [2.24, 2.45) is 0 Å². The Kier molecular flexibility index (Phi) is 9.49. The van der Waals surface area contributed by atoms with Gasteiger partial charge in [-0.05, 0) is 116 Å². The smallest absolute Gasteiger partial charge is 0.374 e. The van der Waals surface area contributed by atoms with E-state index < -0.39 is 5.97 Å². The zero-order valence-electron chi connectivity index (χ0n) is 30.8. The Morgan fingerprint density at radius 3 is 2.26 bits per heavy atom. The molecule has 0 amide bonds. The number of ether oxygens (including phenoxy) is 6. The van der Waals surface area contributed by atoms with E-state index in [1.54, 1.807) is 33.5 Å². The van der Waals surface area contributed by atoms with Crippen molar-refractivity contribution in [1.29, 1.82) is 0 Å². The fraction of sp³-hybridized carbons (Fsp3) is 0.326. The molecule has 0 saturated carbocycles. The quantitative estimate of drug-likeness (QED) is 0.161. The molecule has 4 aliphatic heterocycles. The highest BCUT2D eigenvalue weighted by atomic mass is 16.6. The van der Waals surface area contributed by atoms with Gasteiger partial charge in [0.15, 0.2) is 23.0 Å². The van der Waals surface area contributed by atoms with Crippen LogP contribution in [0, 0.1) is 0 Å². The molecule has 5 heterocycles. The van der Waals surface area contributed by atoms with E-state index in [1.807, 2.05) is 24.3 Å². The lowest BCUT2D eigenvalue weighted by molar-refractivity contribution is 0.0431. The molecule has 10 nitrogen and oxygen atoms in total. The third kappa shape index (κ3) is 6.57. The number of carbonyl (C=O) groups excluding carboxylic acids is 1. The van der Waals surface area contributed by atoms with E-state index in [-0.39, 0.29) is 24.5 Å². The molecule has 53 heavy (non-hydrogen) atoms. The van der Waals surface area contributed by atoms with Gasteiger partial charge in [-0.25, -0.2) is 4.79 Å². The lowest BCUT2D eigenvalue weighted by atomic mass is 9.84. The number of likely N-dealkylation sites (N-methyl/N-ethyl adjacent to an activating group) is 2. The molecule has 0 spiro atoms. The summed E-state index contributed by atoms with van der Waals surface area (Å²) in [5.74, 6) is 3.81. The number of carbonyl (C=O) groups is 1. The molecular formula is C43H44N2O8. The molecule has 0 fully saturated rings. The van der Waals surface area contributed by atoms with Crippen LogP contribution in [0.1, 0.15) is 61.6 Å². The molecule has 0 aliphatic carbocycles. The fourth-order valence-corrected chi connectivity index (χ4v) is 8.06. The molecule has 0 unspecified atom stereocenters. The number of rotatable bonds is 6. The standard InChI is InChI=1S/C43H44N2O8/c1-44-18-16-28-11-14-30-24-32(28)34(44)21-26-8-12-29(13-9-26)52-38-23-27(10-15-36(38)47-3)22-35-39-31(17-19-45(35)2)33(25-51-43(46)37-7-6-20-50-37)40(48-4)42(49-5)41(39)53-30/h6-15,20,23-24,34-35H,16-19,21-22,25H2,1-5H3/t34-,35-/m0/s1. The van der Waals surface area contributed by atoms with Gasteiger partial charge in [-0.3, -0.25) is 9.80 Å². The number of hydrogen-bond acceptors (Lipinski definition) is 10. The topological polar surface area (TPSA) is 92.1 Å². The molecule has 0 radical (unpaired) electrons. The van der Waals surface area contributed by atoms with Gasteiger partial charge < -0.3 is 32.8 Å². The number of esters is 1. The van der Waals surface area contributed by atoms with E-state index in [4.69, 9.17) is 32.8 Å². The van der Waals surface area contributed by atoms with Gasteiger partial charge in [0.25, 0.3) is 0 Å². The Morgan fingerprint density at radius 2 is 1.51 bits per heavy atom. The summed E-state index contributed by atoms with van der Waals surface area (Å²) < 4.78 is 42.7. The van der Waals surface area contributed by atoms with Crippen LogP contribution in [0.3, 0.4) is 0 Å². The highest BCUT2D eigenvalue weighted by Crippen LogP contribution is 2.53. The number of fused-ring (bicyclic) bond motifs is 2. The van der Waals surface area contributed by atoms with Crippen molar-refractivity contribution in [2.75, 3.05) is 48.5 Å². The molecule has 10 heteroatoms. The first kappa shape index (κ1) is 34.6. The van der Waals surface area contributed by atoms with E-state index in [2.05, 4.69) is 60.3 Å².